The Morgan fingerprint density at radius 1 is 1.07 bits per heavy atom. The van der Waals surface area contributed by atoms with Crippen molar-refractivity contribution < 1.29 is 32.5 Å². The number of hydrogen-bond donors (Lipinski definition) is 1. The van der Waals surface area contributed by atoms with E-state index in [1.54, 1.807) is 24.3 Å². The molecule has 0 bridgehead atoms. The standard InChI is InChI=1S/C30H30F3N5O4/c1-18-14-37(27-7-5-23(32)29(35-27)42-17-20-2-4-21(31)13-24(20)33)10-9-36(18)16-28-34-25-6-3-19(30(39)40)12-26(25)38(28)15-22-8-11-41-22/h2-7,12-13,18,22H,8-11,14-17H2,1H3,(H,39,40)/t18-,22+/m0/s1. The van der Waals surface area contributed by atoms with Crippen LogP contribution in [-0.4, -0.2) is 68.9 Å². The van der Waals surface area contributed by atoms with Crippen LogP contribution in [0.25, 0.3) is 11.0 Å². The molecule has 2 aromatic heterocycles. The van der Waals surface area contributed by atoms with Crippen molar-refractivity contribution in [3.8, 4) is 5.88 Å². The van der Waals surface area contributed by atoms with E-state index in [-0.39, 0.29) is 35.8 Å². The Kier molecular flexibility index (Phi) is 7.74. The molecule has 2 atom stereocenters. The van der Waals surface area contributed by atoms with Gasteiger partial charge in [0.1, 0.15) is 29.9 Å². The van der Waals surface area contributed by atoms with Crippen LogP contribution in [-0.2, 0) is 24.4 Å². The van der Waals surface area contributed by atoms with Crippen LogP contribution in [0.1, 0.15) is 35.1 Å². The third-order valence-electron chi connectivity index (χ3n) is 7.87. The second kappa shape index (κ2) is 11.6. The third kappa shape index (κ3) is 5.77. The quantitative estimate of drug-likeness (QED) is 0.306. The number of aromatic carboxylic acids is 1. The number of piperazine rings is 1. The van der Waals surface area contributed by atoms with Gasteiger partial charge in [-0.25, -0.2) is 22.9 Å². The molecule has 12 heteroatoms. The highest BCUT2D eigenvalue weighted by molar-refractivity contribution is 5.92. The number of halogens is 3. The van der Waals surface area contributed by atoms with Gasteiger partial charge < -0.3 is 24.0 Å². The average Bonchev–Trinajstić information content (AvgIpc) is 3.28. The zero-order valence-electron chi connectivity index (χ0n) is 23.0. The number of fused-ring (bicyclic) bond motifs is 1. The van der Waals surface area contributed by atoms with Gasteiger partial charge in [0.05, 0.1) is 35.8 Å². The second-order valence-electron chi connectivity index (χ2n) is 10.7. The molecule has 4 aromatic rings. The van der Waals surface area contributed by atoms with Gasteiger partial charge >= 0.3 is 5.97 Å². The molecular weight excluding hydrogens is 551 g/mol. The minimum absolute atomic E-state index is 0.0735. The monoisotopic (exact) mass is 581 g/mol. The summed E-state index contributed by atoms with van der Waals surface area (Å²) in [5, 5.41) is 9.50. The lowest BCUT2D eigenvalue weighted by molar-refractivity contribution is -0.0592. The number of benzene rings is 2. The summed E-state index contributed by atoms with van der Waals surface area (Å²) in [5.41, 5.74) is 1.82. The number of anilines is 1. The number of carbonyl (C=O) groups is 1. The predicted octanol–water partition coefficient (Wildman–Crippen LogP) is 4.63. The van der Waals surface area contributed by atoms with Crippen molar-refractivity contribution in [3.05, 3.63) is 82.9 Å². The smallest absolute Gasteiger partial charge is 0.335 e. The molecule has 0 unspecified atom stereocenters. The number of imidazole rings is 1. The Morgan fingerprint density at radius 3 is 2.62 bits per heavy atom. The maximum Gasteiger partial charge on any atom is 0.335 e. The highest BCUT2D eigenvalue weighted by Crippen LogP contribution is 2.27. The third-order valence-corrected chi connectivity index (χ3v) is 7.87. The largest absolute Gasteiger partial charge is 0.478 e. The van der Waals surface area contributed by atoms with E-state index in [0.29, 0.717) is 38.5 Å². The first-order valence-electron chi connectivity index (χ1n) is 13.8. The zero-order valence-corrected chi connectivity index (χ0v) is 23.0. The molecule has 2 saturated heterocycles. The van der Waals surface area contributed by atoms with E-state index in [1.165, 1.54) is 12.1 Å². The van der Waals surface area contributed by atoms with Crippen molar-refractivity contribution in [3.63, 3.8) is 0 Å². The summed E-state index contributed by atoms with van der Waals surface area (Å²) < 4.78 is 54.9. The van der Waals surface area contributed by atoms with Crippen molar-refractivity contribution in [1.82, 2.24) is 19.4 Å². The van der Waals surface area contributed by atoms with E-state index in [2.05, 4.69) is 21.4 Å². The van der Waals surface area contributed by atoms with E-state index in [1.807, 2.05) is 4.90 Å². The molecule has 42 heavy (non-hydrogen) atoms. The van der Waals surface area contributed by atoms with E-state index in [4.69, 9.17) is 14.5 Å². The number of nitrogens with zero attached hydrogens (tertiary/aromatic N) is 5. The zero-order chi connectivity index (χ0) is 29.4. The van der Waals surface area contributed by atoms with Crippen LogP contribution in [0, 0.1) is 17.5 Å². The van der Waals surface area contributed by atoms with Crippen LogP contribution in [0.4, 0.5) is 19.0 Å². The number of carboxylic acids is 1. The number of aromatic nitrogens is 3. The summed E-state index contributed by atoms with van der Waals surface area (Å²) in [6.45, 7) is 5.60. The number of ether oxygens (including phenoxy) is 2. The van der Waals surface area contributed by atoms with Crippen LogP contribution in [0.15, 0.2) is 48.5 Å². The van der Waals surface area contributed by atoms with Crippen LogP contribution in [0.3, 0.4) is 0 Å². The van der Waals surface area contributed by atoms with Crippen LogP contribution in [0.2, 0.25) is 0 Å². The Balaban J connectivity index is 1.15. The topological polar surface area (TPSA) is 93.0 Å². The SMILES string of the molecule is C[C@H]1CN(c2ccc(F)c(OCc3ccc(F)cc3F)n2)CCN1Cc1nc2ccc(C(=O)O)cc2n1C[C@H]1CCO1. The lowest BCUT2D eigenvalue weighted by Crippen LogP contribution is -2.52. The minimum Gasteiger partial charge on any atom is -0.478 e. The van der Waals surface area contributed by atoms with Gasteiger partial charge in [0, 0.05) is 43.9 Å². The van der Waals surface area contributed by atoms with Gasteiger partial charge in [0.15, 0.2) is 5.82 Å². The van der Waals surface area contributed by atoms with Crippen molar-refractivity contribution >= 4 is 22.8 Å². The molecule has 0 spiro atoms. The van der Waals surface area contributed by atoms with Gasteiger partial charge in [-0.05, 0) is 55.8 Å². The molecule has 2 aliphatic rings. The van der Waals surface area contributed by atoms with Crippen molar-refractivity contribution in [2.45, 2.75) is 45.2 Å². The molecule has 0 amide bonds. The summed E-state index contributed by atoms with van der Waals surface area (Å²) in [6.07, 6.45) is 1.02. The fraction of sp³-hybridized carbons (Fsp3) is 0.367. The number of hydrogen-bond acceptors (Lipinski definition) is 7. The van der Waals surface area contributed by atoms with Crippen LogP contribution < -0.4 is 9.64 Å². The van der Waals surface area contributed by atoms with Crippen LogP contribution >= 0.6 is 0 Å². The van der Waals surface area contributed by atoms with Gasteiger partial charge in [0.25, 0.3) is 5.88 Å². The van der Waals surface area contributed by atoms with E-state index >= 15 is 0 Å². The summed E-state index contributed by atoms with van der Waals surface area (Å²) in [5.74, 6) is -2.01. The molecular formula is C30H30F3N5O4. The lowest BCUT2D eigenvalue weighted by Gasteiger charge is -2.40. The van der Waals surface area contributed by atoms with Crippen molar-refractivity contribution in [2.75, 3.05) is 31.1 Å². The lowest BCUT2D eigenvalue weighted by atomic mass is 10.1. The van der Waals surface area contributed by atoms with E-state index in [0.717, 1.165) is 42.0 Å². The fourth-order valence-corrected chi connectivity index (χ4v) is 5.36. The minimum atomic E-state index is -0.985. The normalized spacial score (nSPS) is 19.2. The average molecular weight is 582 g/mol. The fourth-order valence-electron chi connectivity index (χ4n) is 5.36. The first-order valence-corrected chi connectivity index (χ1v) is 13.8. The Hall–Kier alpha value is -4.16. The maximum atomic E-state index is 14.5. The highest BCUT2D eigenvalue weighted by atomic mass is 19.1. The molecule has 2 aromatic carbocycles. The van der Waals surface area contributed by atoms with Gasteiger partial charge in [-0.15, -0.1) is 0 Å². The van der Waals surface area contributed by atoms with Crippen LogP contribution in [0.5, 0.6) is 5.88 Å². The number of pyridine rings is 1. The number of rotatable bonds is 9. The van der Waals surface area contributed by atoms with E-state index in [9.17, 15) is 23.1 Å². The predicted molar refractivity (Wildman–Crippen MR) is 148 cm³/mol. The van der Waals surface area contributed by atoms with Gasteiger partial charge in [0.2, 0.25) is 0 Å². The highest BCUT2D eigenvalue weighted by Gasteiger charge is 2.28. The van der Waals surface area contributed by atoms with Crippen molar-refractivity contribution in [2.24, 2.45) is 0 Å². The molecule has 2 fully saturated rings. The maximum absolute atomic E-state index is 14.5. The molecule has 0 saturated carbocycles. The molecule has 2 aliphatic heterocycles. The second-order valence-corrected chi connectivity index (χ2v) is 10.7. The molecule has 220 valence electrons. The molecule has 0 aliphatic carbocycles. The first-order chi connectivity index (χ1) is 20.2. The Morgan fingerprint density at radius 2 is 1.90 bits per heavy atom. The molecule has 9 nitrogen and oxygen atoms in total. The summed E-state index contributed by atoms with van der Waals surface area (Å²) in [7, 11) is 0. The Labute approximate surface area is 240 Å². The Bertz CT molecular complexity index is 1630. The van der Waals surface area contributed by atoms with Gasteiger partial charge in [-0.1, -0.05) is 0 Å². The molecule has 6 rings (SSSR count). The number of carboxylic acid groups (broad SMARTS) is 1. The molecule has 0 radical (unpaired) electrons. The summed E-state index contributed by atoms with van der Waals surface area (Å²) >= 11 is 0. The molecule has 1 N–H and O–H groups in total. The summed E-state index contributed by atoms with van der Waals surface area (Å²) in [4.78, 5) is 25.1. The first kappa shape index (κ1) is 28.0. The van der Waals surface area contributed by atoms with E-state index < -0.39 is 23.4 Å². The summed E-state index contributed by atoms with van der Waals surface area (Å²) in [6, 6.07) is 11.0. The van der Waals surface area contributed by atoms with Gasteiger partial charge in [-0.2, -0.15) is 4.98 Å². The van der Waals surface area contributed by atoms with Gasteiger partial charge in [-0.3, -0.25) is 4.90 Å². The molecule has 4 heterocycles. The van der Waals surface area contributed by atoms with Crippen molar-refractivity contribution in [1.29, 1.82) is 0 Å².